The summed E-state index contributed by atoms with van der Waals surface area (Å²) in [4.78, 5) is 11.7. The van der Waals surface area contributed by atoms with Crippen molar-refractivity contribution in [3.05, 3.63) is 35.6 Å². The number of hydrogen-bond acceptors (Lipinski definition) is 4. The molecule has 1 saturated heterocycles. The first-order valence-corrected chi connectivity index (χ1v) is 8.22. The highest BCUT2D eigenvalue weighted by molar-refractivity contribution is 7.91. The van der Waals surface area contributed by atoms with Crippen LogP contribution in [0.5, 0.6) is 0 Å². The van der Waals surface area contributed by atoms with E-state index in [4.69, 9.17) is 0 Å². The number of amides is 1. The van der Waals surface area contributed by atoms with Gasteiger partial charge in [-0.25, -0.2) is 12.8 Å². The van der Waals surface area contributed by atoms with Crippen molar-refractivity contribution in [3.8, 4) is 0 Å². The van der Waals surface area contributed by atoms with Crippen molar-refractivity contribution in [2.75, 3.05) is 18.1 Å². The summed E-state index contributed by atoms with van der Waals surface area (Å²) in [6.07, 6.45) is 0.125. The standard InChI is InChI=1S/C13H17FN2O3S/c14-11-3-1-10(2-4-11)8-16-13(17)7-12-9-20(18,19)6-5-15-12/h1-4,12,15H,5-9H2,(H,16,17). The van der Waals surface area contributed by atoms with Crippen molar-refractivity contribution in [2.45, 2.75) is 19.0 Å². The molecule has 1 amide bonds. The van der Waals surface area contributed by atoms with Crippen LogP contribution in [-0.4, -0.2) is 38.4 Å². The molecule has 5 nitrogen and oxygen atoms in total. The summed E-state index contributed by atoms with van der Waals surface area (Å²) >= 11 is 0. The second-order valence-corrected chi connectivity index (χ2v) is 7.10. The molecule has 0 spiro atoms. The number of nitrogens with one attached hydrogen (secondary N) is 2. The highest BCUT2D eigenvalue weighted by Gasteiger charge is 2.25. The zero-order chi connectivity index (χ0) is 14.6. The summed E-state index contributed by atoms with van der Waals surface area (Å²) in [6.45, 7) is 0.691. The molecule has 1 fully saturated rings. The Morgan fingerprint density at radius 3 is 2.70 bits per heavy atom. The fraction of sp³-hybridized carbons (Fsp3) is 0.462. The van der Waals surface area contributed by atoms with Gasteiger partial charge in [0.1, 0.15) is 5.82 Å². The van der Waals surface area contributed by atoms with E-state index in [2.05, 4.69) is 10.6 Å². The van der Waals surface area contributed by atoms with Crippen LogP contribution < -0.4 is 10.6 Å². The van der Waals surface area contributed by atoms with Crippen LogP contribution in [0.3, 0.4) is 0 Å². The Kier molecular flexibility index (Phi) is 4.72. The van der Waals surface area contributed by atoms with Crippen molar-refractivity contribution in [3.63, 3.8) is 0 Å². The highest BCUT2D eigenvalue weighted by atomic mass is 32.2. The first kappa shape index (κ1) is 14.9. The Hall–Kier alpha value is -1.47. The second-order valence-electron chi connectivity index (χ2n) is 4.87. The molecule has 0 aromatic heterocycles. The maximum atomic E-state index is 12.7. The lowest BCUT2D eigenvalue weighted by Crippen LogP contribution is -2.47. The molecule has 1 unspecified atom stereocenters. The van der Waals surface area contributed by atoms with Crippen molar-refractivity contribution in [1.82, 2.24) is 10.6 Å². The monoisotopic (exact) mass is 300 g/mol. The second kappa shape index (κ2) is 6.32. The minimum Gasteiger partial charge on any atom is -0.352 e. The van der Waals surface area contributed by atoms with Crippen LogP contribution in [0, 0.1) is 5.82 Å². The molecular formula is C13H17FN2O3S. The summed E-state index contributed by atoms with van der Waals surface area (Å²) in [5.41, 5.74) is 0.795. The molecule has 0 saturated carbocycles. The van der Waals surface area contributed by atoms with E-state index in [1.165, 1.54) is 12.1 Å². The third-order valence-corrected chi connectivity index (χ3v) is 4.87. The minimum atomic E-state index is -3.03. The van der Waals surface area contributed by atoms with E-state index < -0.39 is 9.84 Å². The predicted octanol–water partition coefficient (Wildman–Crippen LogP) is 0.219. The van der Waals surface area contributed by atoms with Gasteiger partial charge in [0.15, 0.2) is 9.84 Å². The van der Waals surface area contributed by atoms with Gasteiger partial charge in [-0.3, -0.25) is 4.79 Å². The van der Waals surface area contributed by atoms with Gasteiger partial charge >= 0.3 is 0 Å². The number of benzene rings is 1. The van der Waals surface area contributed by atoms with Gasteiger partial charge in [0.2, 0.25) is 5.91 Å². The van der Waals surface area contributed by atoms with E-state index in [-0.39, 0.29) is 35.7 Å². The van der Waals surface area contributed by atoms with E-state index in [1.807, 2.05) is 0 Å². The molecule has 1 aliphatic heterocycles. The lowest BCUT2D eigenvalue weighted by Gasteiger charge is -2.23. The van der Waals surface area contributed by atoms with E-state index in [9.17, 15) is 17.6 Å². The van der Waals surface area contributed by atoms with Gasteiger partial charge < -0.3 is 10.6 Å². The van der Waals surface area contributed by atoms with Crippen molar-refractivity contribution >= 4 is 15.7 Å². The number of sulfone groups is 1. The zero-order valence-electron chi connectivity index (χ0n) is 10.9. The number of halogens is 1. The lowest BCUT2D eigenvalue weighted by molar-refractivity contribution is -0.121. The fourth-order valence-electron chi connectivity index (χ4n) is 2.10. The van der Waals surface area contributed by atoms with E-state index in [1.54, 1.807) is 12.1 Å². The van der Waals surface area contributed by atoms with Crippen LogP contribution in [0.25, 0.3) is 0 Å². The first-order chi connectivity index (χ1) is 9.44. The molecule has 1 aromatic carbocycles. The van der Waals surface area contributed by atoms with Gasteiger partial charge in [-0.2, -0.15) is 0 Å². The average molecular weight is 300 g/mol. The number of carbonyl (C=O) groups excluding carboxylic acids is 1. The van der Waals surface area contributed by atoms with Gasteiger partial charge in [-0.15, -0.1) is 0 Å². The molecule has 0 bridgehead atoms. The van der Waals surface area contributed by atoms with Crippen LogP contribution in [0.1, 0.15) is 12.0 Å². The van der Waals surface area contributed by atoms with Crippen LogP contribution in [-0.2, 0) is 21.2 Å². The molecule has 1 heterocycles. The quantitative estimate of drug-likeness (QED) is 0.834. The van der Waals surface area contributed by atoms with Gasteiger partial charge in [-0.1, -0.05) is 12.1 Å². The lowest BCUT2D eigenvalue weighted by atomic mass is 10.2. The number of rotatable bonds is 4. The van der Waals surface area contributed by atoms with Gasteiger partial charge in [0.05, 0.1) is 11.5 Å². The van der Waals surface area contributed by atoms with E-state index in [0.717, 1.165) is 5.56 Å². The number of hydrogen-bond donors (Lipinski definition) is 2. The zero-order valence-corrected chi connectivity index (χ0v) is 11.7. The molecular weight excluding hydrogens is 283 g/mol. The minimum absolute atomic E-state index is 0.00301. The van der Waals surface area contributed by atoms with Gasteiger partial charge in [0, 0.05) is 25.6 Å². The molecule has 20 heavy (non-hydrogen) atoms. The molecule has 1 aliphatic rings. The third-order valence-electron chi connectivity index (χ3n) is 3.14. The van der Waals surface area contributed by atoms with Crippen LogP contribution in [0.4, 0.5) is 4.39 Å². The van der Waals surface area contributed by atoms with Gasteiger partial charge in [-0.05, 0) is 17.7 Å². The maximum absolute atomic E-state index is 12.7. The molecule has 2 N–H and O–H groups in total. The van der Waals surface area contributed by atoms with E-state index in [0.29, 0.717) is 13.1 Å². The van der Waals surface area contributed by atoms with Crippen molar-refractivity contribution < 1.29 is 17.6 Å². The predicted molar refractivity (Wildman–Crippen MR) is 73.3 cm³/mol. The Morgan fingerprint density at radius 1 is 1.35 bits per heavy atom. The summed E-state index contributed by atoms with van der Waals surface area (Å²) < 4.78 is 35.6. The summed E-state index contributed by atoms with van der Waals surface area (Å²) in [5.74, 6) is -0.418. The Balaban J connectivity index is 1.79. The normalized spacial score (nSPS) is 21.4. The molecule has 0 radical (unpaired) electrons. The van der Waals surface area contributed by atoms with Crippen molar-refractivity contribution in [1.29, 1.82) is 0 Å². The van der Waals surface area contributed by atoms with Gasteiger partial charge in [0.25, 0.3) is 0 Å². The smallest absolute Gasteiger partial charge is 0.221 e. The first-order valence-electron chi connectivity index (χ1n) is 6.39. The van der Waals surface area contributed by atoms with Crippen LogP contribution >= 0.6 is 0 Å². The molecule has 2 rings (SSSR count). The largest absolute Gasteiger partial charge is 0.352 e. The molecule has 110 valence electrons. The summed E-state index contributed by atoms with van der Waals surface area (Å²) in [7, 11) is -3.03. The highest BCUT2D eigenvalue weighted by Crippen LogP contribution is 2.06. The third kappa shape index (κ3) is 4.57. The molecule has 7 heteroatoms. The molecule has 0 aliphatic carbocycles. The SMILES string of the molecule is O=C(CC1CS(=O)(=O)CCN1)NCc1ccc(F)cc1. The Labute approximate surface area is 117 Å². The van der Waals surface area contributed by atoms with Crippen molar-refractivity contribution in [2.24, 2.45) is 0 Å². The topological polar surface area (TPSA) is 75.3 Å². The maximum Gasteiger partial charge on any atom is 0.221 e. The molecule has 1 atom stereocenters. The number of carbonyl (C=O) groups is 1. The molecule has 1 aromatic rings. The Morgan fingerprint density at radius 2 is 2.05 bits per heavy atom. The Bertz CT molecular complexity index is 572. The average Bonchev–Trinajstić information content (AvgIpc) is 2.37. The summed E-state index contributed by atoms with van der Waals surface area (Å²) in [5, 5.41) is 5.72. The fourth-order valence-corrected chi connectivity index (χ4v) is 3.54. The van der Waals surface area contributed by atoms with Crippen LogP contribution in [0.2, 0.25) is 0 Å². The van der Waals surface area contributed by atoms with Crippen LogP contribution in [0.15, 0.2) is 24.3 Å². The van der Waals surface area contributed by atoms with E-state index >= 15 is 0 Å². The summed E-state index contributed by atoms with van der Waals surface area (Å²) in [6, 6.07) is 5.52.